The third kappa shape index (κ3) is 5.03. The molecule has 0 fully saturated rings. The number of carboxylic acid groups (broad SMARTS) is 1. The molecule has 0 aromatic heterocycles. The van der Waals surface area contributed by atoms with Gasteiger partial charge in [0.2, 0.25) is 0 Å². The van der Waals surface area contributed by atoms with Crippen molar-refractivity contribution in [3.63, 3.8) is 0 Å². The SMILES string of the molecule is Cc1cccc(S(=O)(=O)N2C[C@H](CC(=O)O)Oc3ccc(CCc4c(F)cccc4Cl)cc32)c1. The van der Waals surface area contributed by atoms with Crippen molar-refractivity contribution in [3.05, 3.63) is 88.2 Å². The van der Waals surface area contributed by atoms with Crippen molar-refractivity contribution >= 4 is 33.3 Å². The number of hydrogen-bond donors (Lipinski definition) is 1. The highest BCUT2D eigenvalue weighted by Crippen LogP contribution is 2.39. The van der Waals surface area contributed by atoms with E-state index in [0.717, 1.165) is 11.1 Å². The number of rotatable bonds is 7. The zero-order valence-corrected chi connectivity index (χ0v) is 19.9. The summed E-state index contributed by atoms with van der Waals surface area (Å²) in [6.45, 7) is 1.66. The summed E-state index contributed by atoms with van der Waals surface area (Å²) < 4.78 is 48.3. The molecule has 0 amide bonds. The van der Waals surface area contributed by atoms with E-state index in [9.17, 15) is 22.7 Å². The summed E-state index contributed by atoms with van der Waals surface area (Å²) in [6.07, 6.45) is -0.428. The minimum Gasteiger partial charge on any atom is -0.486 e. The van der Waals surface area contributed by atoms with Crippen molar-refractivity contribution in [2.75, 3.05) is 10.8 Å². The second-order valence-corrected chi connectivity index (χ2v) is 10.5. The van der Waals surface area contributed by atoms with Gasteiger partial charge in [-0.05, 0) is 67.3 Å². The Morgan fingerprint density at radius 3 is 2.62 bits per heavy atom. The molecular formula is C25H23ClFNO5S. The first-order valence-corrected chi connectivity index (χ1v) is 12.5. The summed E-state index contributed by atoms with van der Waals surface area (Å²) in [5.41, 5.74) is 2.26. The molecule has 178 valence electrons. The largest absolute Gasteiger partial charge is 0.486 e. The summed E-state index contributed by atoms with van der Waals surface area (Å²) in [4.78, 5) is 11.4. The molecule has 6 nitrogen and oxygen atoms in total. The Morgan fingerprint density at radius 2 is 1.91 bits per heavy atom. The quantitative estimate of drug-likeness (QED) is 0.490. The maximum Gasteiger partial charge on any atom is 0.307 e. The fourth-order valence-electron chi connectivity index (χ4n) is 3.99. The monoisotopic (exact) mass is 503 g/mol. The van der Waals surface area contributed by atoms with Gasteiger partial charge in [0.1, 0.15) is 17.7 Å². The lowest BCUT2D eigenvalue weighted by atomic mass is 10.0. The van der Waals surface area contributed by atoms with Gasteiger partial charge in [0.25, 0.3) is 10.0 Å². The number of carbonyl (C=O) groups is 1. The Balaban J connectivity index is 1.70. The van der Waals surface area contributed by atoms with Gasteiger partial charge >= 0.3 is 5.97 Å². The third-order valence-electron chi connectivity index (χ3n) is 5.66. The molecule has 0 saturated carbocycles. The Labute approximate surface area is 202 Å². The number of ether oxygens (including phenoxy) is 1. The predicted molar refractivity (Wildman–Crippen MR) is 128 cm³/mol. The number of nitrogens with zero attached hydrogens (tertiary/aromatic N) is 1. The van der Waals surface area contributed by atoms with E-state index in [4.69, 9.17) is 16.3 Å². The van der Waals surface area contributed by atoms with Crippen LogP contribution >= 0.6 is 11.6 Å². The van der Waals surface area contributed by atoms with E-state index in [1.807, 2.05) is 0 Å². The molecule has 0 spiro atoms. The first-order chi connectivity index (χ1) is 16.1. The van der Waals surface area contributed by atoms with Gasteiger partial charge in [-0.1, -0.05) is 35.9 Å². The highest BCUT2D eigenvalue weighted by atomic mass is 35.5. The minimum atomic E-state index is -3.98. The van der Waals surface area contributed by atoms with Gasteiger partial charge in [0, 0.05) is 10.6 Å². The molecule has 0 unspecified atom stereocenters. The minimum absolute atomic E-state index is 0.109. The first kappa shape index (κ1) is 24.0. The van der Waals surface area contributed by atoms with Crippen molar-refractivity contribution in [2.45, 2.75) is 37.2 Å². The van der Waals surface area contributed by atoms with E-state index >= 15 is 0 Å². The summed E-state index contributed by atoms with van der Waals surface area (Å²) in [5, 5.41) is 9.57. The van der Waals surface area contributed by atoms with E-state index in [2.05, 4.69) is 0 Å². The van der Waals surface area contributed by atoms with E-state index in [0.29, 0.717) is 29.1 Å². The summed E-state index contributed by atoms with van der Waals surface area (Å²) in [6, 6.07) is 16.1. The van der Waals surface area contributed by atoms with E-state index in [-0.39, 0.29) is 23.6 Å². The Hall–Kier alpha value is -3.10. The summed E-state index contributed by atoms with van der Waals surface area (Å²) >= 11 is 6.14. The zero-order chi connectivity index (χ0) is 24.5. The maximum atomic E-state index is 14.2. The van der Waals surface area contributed by atoms with Crippen LogP contribution < -0.4 is 9.04 Å². The number of sulfonamides is 1. The van der Waals surface area contributed by atoms with Gasteiger partial charge < -0.3 is 9.84 Å². The van der Waals surface area contributed by atoms with E-state index in [1.54, 1.807) is 55.5 Å². The summed E-state index contributed by atoms with van der Waals surface area (Å²) in [5.74, 6) is -1.20. The molecule has 0 aliphatic carbocycles. The molecule has 0 bridgehead atoms. The number of aliphatic carboxylic acids is 1. The molecule has 1 N–H and O–H groups in total. The number of carboxylic acids is 1. The van der Waals surface area contributed by atoms with Crippen LogP contribution in [0.5, 0.6) is 5.75 Å². The average Bonchev–Trinajstić information content (AvgIpc) is 2.78. The van der Waals surface area contributed by atoms with Gasteiger partial charge in [-0.25, -0.2) is 12.8 Å². The van der Waals surface area contributed by atoms with Crippen molar-refractivity contribution in [3.8, 4) is 5.75 Å². The van der Waals surface area contributed by atoms with Gasteiger partial charge in [0.15, 0.2) is 0 Å². The first-order valence-electron chi connectivity index (χ1n) is 10.7. The van der Waals surface area contributed by atoms with Crippen LogP contribution in [0.25, 0.3) is 0 Å². The van der Waals surface area contributed by atoms with Gasteiger partial charge in [-0.3, -0.25) is 9.10 Å². The lowest BCUT2D eigenvalue weighted by molar-refractivity contribution is -0.138. The highest BCUT2D eigenvalue weighted by Gasteiger charge is 2.35. The number of anilines is 1. The molecule has 1 atom stereocenters. The van der Waals surface area contributed by atoms with Crippen molar-refractivity contribution in [2.24, 2.45) is 0 Å². The molecule has 34 heavy (non-hydrogen) atoms. The van der Waals surface area contributed by atoms with Crippen LogP contribution in [0.15, 0.2) is 65.6 Å². The molecule has 3 aromatic carbocycles. The van der Waals surface area contributed by atoms with Crippen molar-refractivity contribution in [1.29, 1.82) is 0 Å². The molecule has 1 heterocycles. The zero-order valence-electron chi connectivity index (χ0n) is 18.4. The second-order valence-electron chi connectivity index (χ2n) is 8.19. The van der Waals surface area contributed by atoms with Crippen molar-refractivity contribution < 1.29 is 27.4 Å². The Bertz CT molecular complexity index is 1320. The molecule has 3 aromatic rings. The van der Waals surface area contributed by atoms with Crippen LogP contribution in [0.3, 0.4) is 0 Å². The number of fused-ring (bicyclic) bond motifs is 1. The highest BCUT2D eigenvalue weighted by molar-refractivity contribution is 7.92. The fourth-order valence-corrected chi connectivity index (χ4v) is 5.85. The third-order valence-corrected chi connectivity index (χ3v) is 7.79. The topological polar surface area (TPSA) is 83.9 Å². The lowest BCUT2D eigenvalue weighted by Crippen LogP contribution is -2.44. The van der Waals surface area contributed by atoms with Crippen LogP contribution in [0.2, 0.25) is 5.02 Å². The standard InChI is InChI=1S/C25H23ClFNO5S/c1-16-4-2-5-19(12-16)34(31,32)28-15-18(14-25(29)30)33-24-11-9-17(13-23(24)28)8-10-20-21(26)6-3-7-22(20)27/h2-7,9,11-13,18H,8,10,14-15H2,1H3,(H,29,30)/t18-/m0/s1. The second kappa shape index (κ2) is 9.64. The van der Waals surface area contributed by atoms with Gasteiger partial charge in [-0.15, -0.1) is 0 Å². The Kier molecular flexibility index (Phi) is 6.81. The molecule has 9 heteroatoms. The normalized spacial score (nSPS) is 15.5. The molecule has 0 radical (unpaired) electrons. The molecule has 1 aliphatic heterocycles. The number of halogens is 2. The summed E-state index contributed by atoms with van der Waals surface area (Å²) in [7, 11) is -3.98. The number of benzene rings is 3. The molecule has 4 rings (SSSR count). The Morgan fingerprint density at radius 1 is 1.15 bits per heavy atom. The van der Waals surface area contributed by atoms with Crippen molar-refractivity contribution in [1.82, 2.24) is 0 Å². The van der Waals surface area contributed by atoms with Gasteiger partial charge in [-0.2, -0.15) is 0 Å². The average molecular weight is 504 g/mol. The van der Waals surface area contributed by atoms with Crippen LogP contribution in [-0.2, 0) is 27.7 Å². The smallest absolute Gasteiger partial charge is 0.307 e. The van der Waals surface area contributed by atoms with Crippen LogP contribution in [0.4, 0.5) is 10.1 Å². The van der Waals surface area contributed by atoms with Gasteiger partial charge in [0.05, 0.1) is 23.5 Å². The fraction of sp³-hybridized carbons (Fsp3) is 0.240. The van der Waals surface area contributed by atoms with E-state index < -0.39 is 27.9 Å². The van der Waals surface area contributed by atoms with Crippen LogP contribution in [0, 0.1) is 12.7 Å². The molecule has 0 saturated heterocycles. The lowest BCUT2D eigenvalue weighted by Gasteiger charge is -2.35. The predicted octanol–water partition coefficient (Wildman–Crippen LogP) is 5.00. The van der Waals surface area contributed by atoms with E-state index in [1.165, 1.54) is 16.4 Å². The maximum absolute atomic E-state index is 14.2. The van der Waals surface area contributed by atoms with Crippen LogP contribution in [-0.4, -0.2) is 32.1 Å². The molecule has 1 aliphatic rings. The molecular weight excluding hydrogens is 481 g/mol. The van der Waals surface area contributed by atoms with Crippen LogP contribution in [0.1, 0.15) is 23.1 Å². The number of aryl methyl sites for hydroxylation is 2. The number of hydrogen-bond acceptors (Lipinski definition) is 4.